The molecule has 0 bridgehead atoms. The third kappa shape index (κ3) is 4.03. The van der Waals surface area contributed by atoms with E-state index in [1.54, 1.807) is 12.1 Å². The molecule has 1 N–H and O–H groups in total. The molecule has 2 aromatic rings. The van der Waals surface area contributed by atoms with Crippen molar-refractivity contribution < 1.29 is 13.3 Å². The minimum atomic E-state index is -3.95. The van der Waals surface area contributed by atoms with E-state index in [1.807, 2.05) is 29.2 Å². The summed E-state index contributed by atoms with van der Waals surface area (Å²) in [5, 5.41) is 8.82. The average molecular weight is 323 g/mol. The normalized spacial score (nSPS) is 11.0. The number of nitrogens with zero attached hydrogens (tertiary/aromatic N) is 1. The first-order valence-corrected chi connectivity index (χ1v) is 7.76. The maximum atomic E-state index is 12.1. The van der Waals surface area contributed by atoms with Gasteiger partial charge in [-0.25, -0.2) is 8.42 Å². The number of nitriles is 1. The van der Waals surface area contributed by atoms with Crippen LogP contribution in [-0.2, 0) is 21.5 Å². The van der Waals surface area contributed by atoms with E-state index in [-0.39, 0.29) is 22.1 Å². The molecular weight excluding hydrogens is 312 g/mol. The van der Waals surface area contributed by atoms with Crippen LogP contribution in [0.15, 0.2) is 53.4 Å². The largest absolute Gasteiger partial charge is 0.282 e. The van der Waals surface area contributed by atoms with E-state index in [0.29, 0.717) is 0 Å². The van der Waals surface area contributed by atoms with Crippen LogP contribution in [0.2, 0.25) is 5.02 Å². The molecule has 0 saturated heterocycles. The van der Waals surface area contributed by atoms with Crippen LogP contribution >= 0.6 is 11.6 Å². The second-order valence-electron chi connectivity index (χ2n) is 4.12. The van der Waals surface area contributed by atoms with Crippen molar-refractivity contribution in [3.8, 4) is 6.07 Å². The van der Waals surface area contributed by atoms with Crippen LogP contribution in [0.5, 0.6) is 0 Å². The van der Waals surface area contributed by atoms with Gasteiger partial charge < -0.3 is 0 Å². The zero-order valence-electron chi connectivity index (χ0n) is 10.8. The predicted molar refractivity (Wildman–Crippen MR) is 77.7 cm³/mol. The van der Waals surface area contributed by atoms with Gasteiger partial charge in [-0.1, -0.05) is 46.8 Å². The van der Waals surface area contributed by atoms with Gasteiger partial charge >= 0.3 is 0 Å². The Morgan fingerprint density at radius 2 is 1.90 bits per heavy atom. The Kier molecular flexibility index (Phi) is 4.94. The summed E-state index contributed by atoms with van der Waals surface area (Å²) in [6.45, 7) is 0.0790. The predicted octanol–water partition coefficient (Wildman–Crippen LogP) is 2.62. The lowest BCUT2D eigenvalue weighted by atomic mass is 10.2. The van der Waals surface area contributed by atoms with Crippen LogP contribution in [0.25, 0.3) is 0 Å². The molecule has 0 radical (unpaired) electrons. The van der Waals surface area contributed by atoms with E-state index in [0.717, 1.165) is 5.56 Å². The van der Waals surface area contributed by atoms with Crippen molar-refractivity contribution >= 4 is 21.6 Å². The number of sulfonamides is 1. The van der Waals surface area contributed by atoms with Crippen molar-refractivity contribution in [3.63, 3.8) is 0 Å². The van der Waals surface area contributed by atoms with Crippen LogP contribution in [0.1, 0.15) is 11.1 Å². The van der Waals surface area contributed by atoms with Crippen molar-refractivity contribution in [2.75, 3.05) is 0 Å². The summed E-state index contributed by atoms with van der Waals surface area (Å²) >= 11 is 5.85. The van der Waals surface area contributed by atoms with Crippen molar-refractivity contribution in [2.24, 2.45) is 0 Å². The van der Waals surface area contributed by atoms with Gasteiger partial charge in [-0.2, -0.15) is 5.26 Å². The zero-order chi connectivity index (χ0) is 15.3. The number of hydrogen-bond acceptors (Lipinski definition) is 4. The molecule has 0 heterocycles. The summed E-state index contributed by atoms with van der Waals surface area (Å²) in [7, 11) is -3.95. The Bertz CT molecular complexity index is 771. The van der Waals surface area contributed by atoms with E-state index >= 15 is 0 Å². The third-order valence-corrected chi connectivity index (χ3v) is 4.30. The van der Waals surface area contributed by atoms with Gasteiger partial charge in [0.25, 0.3) is 10.0 Å². The molecule has 0 amide bonds. The summed E-state index contributed by atoms with van der Waals surface area (Å²) in [6.07, 6.45) is 0. The van der Waals surface area contributed by atoms with Gasteiger partial charge in [-0.05, 0) is 23.8 Å². The van der Waals surface area contributed by atoms with E-state index in [2.05, 4.69) is 0 Å². The van der Waals surface area contributed by atoms with Crippen LogP contribution in [0.4, 0.5) is 0 Å². The van der Waals surface area contributed by atoms with Crippen LogP contribution in [0, 0.1) is 11.3 Å². The van der Waals surface area contributed by atoms with Gasteiger partial charge in [0.15, 0.2) is 0 Å². The number of nitrogens with one attached hydrogen (secondary N) is 1. The Labute approximate surface area is 127 Å². The lowest BCUT2D eigenvalue weighted by Gasteiger charge is -2.09. The number of rotatable bonds is 5. The highest BCUT2D eigenvalue weighted by atomic mass is 35.5. The molecule has 0 unspecified atom stereocenters. The summed E-state index contributed by atoms with van der Waals surface area (Å²) in [5.41, 5.74) is 1.01. The zero-order valence-corrected chi connectivity index (χ0v) is 12.4. The second kappa shape index (κ2) is 6.70. The summed E-state index contributed by atoms with van der Waals surface area (Å²) in [4.78, 5) is 6.78. The first kappa shape index (κ1) is 15.5. The minimum Gasteiger partial charge on any atom is -0.282 e. The summed E-state index contributed by atoms with van der Waals surface area (Å²) < 4.78 is 24.2. The molecule has 0 spiro atoms. The fourth-order valence-electron chi connectivity index (χ4n) is 1.59. The van der Waals surface area contributed by atoms with Crippen molar-refractivity contribution in [1.82, 2.24) is 4.89 Å². The van der Waals surface area contributed by atoms with Gasteiger partial charge in [-0.3, -0.25) is 4.84 Å². The molecule has 0 aliphatic carbocycles. The molecule has 0 fully saturated rings. The van der Waals surface area contributed by atoms with Gasteiger partial charge in [0.1, 0.15) is 4.90 Å². The molecule has 21 heavy (non-hydrogen) atoms. The van der Waals surface area contributed by atoms with Crippen molar-refractivity contribution in [3.05, 3.63) is 64.7 Å². The molecule has 0 saturated carbocycles. The van der Waals surface area contributed by atoms with Crippen LogP contribution < -0.4 is 4.89 Å². The molecule has 108 valence electrons. The van der Waals surface area contributed by atoms with Crippen LogP contribution in [-0.4, -0.2) is 8.42 Å². The SMILES string of the molecule is N#Cc1ccc(Cl)c(S(=O)(=O)NOCc2ccccc2)c1. The molecule has 2 rings (SSSR count). The molecule has 0 aliphatic heterocycles. The fraction of sp³-hybridized carbons (Fsp3) is 0.0714. The van der Waals surface area contributed by atoms with Gasteiger partial charge in [0, 0.05) is 0 Å². The van der Waals surface area contributed by atoms with E-state index in [9.17, 15) is 8.42 Å². The molecule has 0 aromatic heterocycles. The smallest absolute Gasteiger partial charge is 0.264 e. The fourth-order valence-corrected chi connectivity index (χ4v) is 2.92. The molecule has 7 heteroatoms. The Hall–Kier alpha value is -1.91. The maximum absolute atomic E-state index is 12.1. The Morgan fingerprint density at radius 3 is 2.57 bits per heavy atom. The minimum absolute atomic E-state index is 0.0183. The van der Waals surface area contributed by atoms with Gasteiger partial charge in [-0.15, -0.1) is 0 Å². The quantitative estimate of drug-likeness (QED) is 0.858. The van der Waals surface area contributed by atoms with Gasteiger partial charge in [0.2, 0.25) is 0 Å². The monoisotopic (exact) mass is 322 g/mol. The Morgan fingerprint density at radius 1 is 1.19 bits per heavy atom. The highest BCUT2D eigenvalue weighted by Crippen LogP contribution is 2.22. The summed E-state index contributed by atoms with van der Waals surface area (Å²) in [6, 6.07) is 14.9. The highest BCUT2D eigenvalue weighted by Gasteiger charge is 2.18. The van der Waals surface area contributed by atoms with Gasteiger partial charge in [0.05, 0.1) is 23.3 Å². The van der Waals surface area contributed by atoms with Crippen LogP contribution in [0.3, 0.4) is 0 Å². The molecular formula is C14H11ClN2O3S. The molecule has 2 aromatic carbocycles. The van der Waals surface area contributed by atoms with Crippen molar-refractivity contribution in [2.45, 2.75) is 11.5 Å². The maximum Gasteiger partial charge on any atom is 0.264 e. The average Bonchev–Trinajstić information content (AvgIpc) is 2.48. The number of hydrogen-bond donors (Lipinski definition) is 1. The van der Waals surface area contributed by atoms with E-state index in [4.69, 9.17) is 21.7 Å². The topological polar surface area (TPSA) is 79.2 Å². The first-order valence-electron chi connectivity index (χ1n) is 5.90. The molecule has 5 nitrogen and oxygen atoms in total. The molecule has 0 aliphatic rings. The molecule has 0 atom stereocenters. The highest BCUT2D eigenvalue weighted by molar-refractivity contribution is 7.89. The van der Waals surface area contributed by atoms with Crippen molar-refractivity contribution in [1.29, 1.82) is 5.26 Å². The lowest BCUT2D eigenvalue weighted by molar-refractivity contribution is 0.0795. The third-order valence-electron chi connectivity index (χ3n) is 2.60. The first-order chi connectivity index (χ1) is 10.0. The number of benzene rings is 2. The second-order valence-corrected chi connectivity index (χ2v) is 6.14. The Balaban J connectivity index is 2.10. The number of halogens is 1. The standard InChI is InChI=1S/C14H11ClN2O3S/c15-13-7-6-12(9-16)8-14(13)21(18,19)17-20-10-11-4-2-1-3-5-11/h1-8,17H,10H2. The van der Waals surface area contributed by atoms with E-state index < -0.39 is 10.0 Å². The lowest BCUT2D eigenvalue weighted by Crippen LogP contribution is -2.24. The van der Waals surface area contributed by atoms with E-state index in [1.165, 1.54) is 18.2 Å². The summed E-state index contributed by atoms with van der Waals surface area (Å²) in [5.74, 6) is 0.